The molecule has 6 nitrogen and oxygen atoms in total. The summed E-state index contributed by atoms with van der Waals surface area (Å²) in [5.41, 5.74) is 5.89. The van der Waals surface area contributed by atoms with Crippen LogP contribution in [-0.4, -0.2) is 41.5 Å². The van der Waals surface area contributed by atoms with Gasteiger partial charge in [-0.25, -0.2) is 14.8 Å². The SMILES string of the molecule is CCOC(=O)c1cnc(SCC(C)OC)nc1N. The maximum atomic E-state index is 11.5. The standard InChI is InChI=1S/C11H17N3O3S/c1-4-17-10(15)8-5-13-11(14-9(8)12)18-6-7(2)16-3/h5,7H,4,6H2,1-3H3,(H2,12,13,14). The van der Waals surface area contributed by atoms with Crippen LogP contribution in [0.2, 0.25) is 0 Å². The van der Waals surface area contributed by atoms with Crippen molar-refractivity contribution in [3.05, 3.63) is 11.8 Å². The fraction of sp³-hybridized carbons (Fsp3) is 0.545. The molecule has 0 amide bonds. The average Bonchev–Trinajstić information content (AvgIpc) is 2.36. The fourth-order valence-corrected chi connectivity index (χ4v) is 1.88. The first-order valence-electron chi connectivity index (χ1n) is 5.53. The summed E-state index contributed by atoms with van der Waals surface area (Å²) in [7, 11) is 1.64. The van der Waals surface area contributed by atoms with Gasteiger partial charge in [-0.1, -0.05) is 11.8 Å². The van der Waals surface area contributed by atoms with E-state index in [-0.39, 0.29) is 17.5 Å². The lowest BCUT2D eigenvalue weighted by atomic mass is 10.3. The third kappa shape index (κ3) is 4.15. The minimum atomic E-state index is -0.503. The molecule has 0 saturated carbocycles. The van der Waals surface area contributed by atoms with E-state index in [1.54, 1.807) is 14.0 Å². The van der Waals surface area contributed by atoms with Crippen molar-refractivity contribution in [3.63, 3.8) is 0 Å². The average molecular weight is 271 g/mol. The first-order chi connectivity index (χ1) is 8.58. The van der Waals surface area contributed by atoms with Crippen molar-refractivity contribution < 1.29 is 14.3 Å². The maximum absolute atomic E-state index is 11.5. The molecular weight excluding hydrogens is 254 g/mol. The van der Waals surface area contributed by atoms with Crippen LogP contribution in [0.25, 0.3) is 0 Å². The van der Waals surface area contributed by atoms with Crippen LogP contribution < -0.4 is 5.73 Å². The topological polar surface area (TPSA) is 87.3 Å². The van der Waals surface area contributed by atoms with Gasteiger partial charge >= 0.3 is 5.97 Å². The molecule has 1 rings (SSSR count). The van der Waals surface area contributed by atoms with Crippen molar-refractivity contribution in [3.8, 4) is 0 Å². The molecule has 0 spiro atoms. The van der Waals surface area contributed by atoms with Gasteiger partial charge in [0.1, 0.15) is 11.4 Å². The number of carbonyl (C=O) groups is 1. The highest BCUT2D eigenvalue weighted by atomic mass is 32.2. The molecule has 0 fully saturated rings. The van der Waals surface area contributed by atoms with Gasteiger partial charge in [0.2, 0.25) is 0 Å². The van der Waals surface area contributed by atoms with Crippen LogP contribution >= 0.6 is 11.8 Å². The van der Waals surface area contributed by atoms with Crippen molar-refractivity contribution in [2.24, 2.45) is 0 Å². The van der Waals surface area contributed by atoms with Crippen molar-refractivity contribution in [1.82, 2.24) is 9.97 Å². The molecule has 2 N–H and O–H groups in total. The van der Waals surface area contributed by atoms with E-state index in [1.807, 2.05) is 6.92 Å². The van der Waals surface area contributed by atoms with E-state index in [0.717, 1.165) is 0 Å². The summed E-state index contributed by atoms with van der Waals surface area (Å²) in [6.45, 7) is 3.97. The summed E-state index contributed by atoms with van der Waals surface area (Å²) < 4.78 is 9.95. The van der Waals surface area contributed by atoms with Gasteiger partial charge in [-0.05, 0) is 13.8 Å². The van der Waals surface area contributed by atoms with E-state index in [2.05, 4.69) is 9.97 Å². The second-order valence-corrected chi connectivity index (χ2v) is 4.52. The number of aromatic nitrogens is 2. The first-order valence-corrected chi connectivity index (χ1v) is 6.52. The molecule has 1 atom stereocenters. The van der Waals surface area contributed by atoms with Gasteiger partial charge in [0, 0.05) is 19.1 Å². The molecule has 100 valence electrons. The zero-order valence-corrected chi connectivity index (χ0v) is 11.5. The third-order valence-electron chi connectivity index (χ3n) is 2.14. The number of methoxy groups -OCH3 is 1. The van der Waals surface area contributed by atoms with Crippen LogP contribution in [0.1, 0.15) is 24.2 Å². The third-order valence-corrected chi connectivity index (χ3v) is 3.23. The van der Waals surface area contributed by atoms with Crippen LogP contribution in [-0.2, 0) is 9.47 Å². The largest absolute Gasteiger partial charge is 0.462 e. The summed E-state index contributed by atoms with van der Waals surface area (Å²) in [5, 5.41) is 0.518. The van der Waals surface area contributed by atoms with Crippen LogP contribution in [0.3, 0.4) is 0 Å². The Kier molecular flexibility index (Phi) is 5.87. The number of ether oxygens (including phenoxy) is 2. The maximum Gasteiger partial charge on any atom is 0.343 e. The number of hydrogen-bond donors (Lipinski definition) is 1. The van der Waals surface area contributed by atoms with E-state index in [9.17, 15) is 4.79 Å². The Labute approximate surface area is 110 Å². The fourth-order valence-electron chi connectivity index (χ4n) is 1.07. The summed E-state index contributed by atoms with van der Waals surface area (Å²) in [4.78, 5) is 19.6. The molecular formula is C11H17N3O3S. The van der Waals surface area contributed by atoms with Gasteiger partial charge in [-0.15, -0.1) is 0 Å². The molecule has 1 aromatic rings. The van der Waals surface area contributed by atoms with E-state index in [1.165, 1.54) is 18.0 Å². The number of nitrogen functional groups attached to an aromatic ring is 1. The van der Waals surface area contributed by atoms with E-state index >= 15 is 0 Å². The van der Waals surface area contributed by atoms with Gasteiger partial charge in [0.05, 0.1) is 12.7 Å². The molecule has 0 saturated heterocycles. The molecule has 7 heteroatoms. The van der Waals surface area contributed by atoms with Gasteiger partial charge in [0.25, 0.3) is 0 Å². The lowest BCUT2D eigenvalue weighted by Crippen LogP contribution is -2.12. The lowest BCUT2D eigenvalue weighted by molar-refractivity contribution is 0.0526. The minimum absolute atomic E-state index is 0.101. The highest BCUT2D eigenvalue weighted by molar-refractivity contribution is 7.99. The van der Waals surface area contributed by atoms with E-state index in [0.29, 0.717) is 17.5 Å². The molecule has 0 bridgehead atoms. The molecule has 0 aliphatic rings. The Morgan fingerprint density at radius 2 is 2.33 bits per heavy atom. The number of thioether (sulfide) groups is 1. The number of rotatable bonds is 6. The number of carbonyl (C=O) groups excluding carboxylic acids is 1. The number of nitrogens with zero attached hydrogens (tertiary/aromatic N) is 2. The Bertz CT molecular complexity index is 415. The Balaban J connectivity index is 2.70. The quantitative estimate of drug-likeness (QED) is 0.475. The minimum Gasteiger partial charge on any atom is -0.462 e. The smallest absolute Gasteiger partial charge is 0.343 e. The van der Waals surface area contributed by atoms with Crippen molar-refractivity contribution >= 4 is 23.5 Å². The summed E-state index contributed by atoms with van der Waals surface area (Å²) in [5.74, 6) is 0.349. The van der Waals surface area contributed by atoms with Crippen LogP contribution in [0.5, 0.6) is 0 Å². The molecule has 0 radical (unpaired) electrons. The van der Waals surface area contributed by atoms with E-state index < -0.39 is 5.97 Å². The van der Waals surface area contributed by atoms with Gasteiger partial charge < -0.3 is 15.2 Å². The van der Waals surface area contributed by atoms with Crippen LogP contribution in [0, 0.1) is 0 Å². The van der Waals surface area contributed by atoms with Crippen LogP contribution in [0.4, 0.5) is 5.82 Å². The first kappa shape index (κ1) is 14.7. The van der Waals surface area contributed by atoms with Crippen molar-refractivity contribution in [2.45, 2.75) is 25.1 Å². The highest BCUT2D eigenvalue weighted by Gasteiger charge is 2.14. The zero-order valence-electron chi connectivity index (χ0n) is 10.7. The van der Waals surface area contributed by atoms with Crippen molar-refractivity contribution in [2.75, 3.05) is 25.2 Å². The molecule has 1 unspecified atom stereocenters. The van der Waals surface area contributed by atoms with Crippen molar-refractivity contribution in [1.29, 1.82) is 0 Å². The predicted octanol–water partition coefficient (Wildman–Crippen LogP) is 1.36. The second-order valence-electron chi connectivity index (χ2n) is 3.53. The number of hydrogen-bond acceptors (Lipinski definition) is 7. The zero-order chi connectivity index (χ0) is 13.5. The molecule has 1 aromatic heterocycles. The molecule has 0 aliphatic carbocycles. The number of anilines is 1. The molecule has 0 aliphatic heterocycles. The summed E-state index contributed by atoms with van der Waals surface area (Å²) in [6.07, 6.45) is 1.49. The molecule has 18 heavy (non-hydrogen) atoms. The number of nitrogens with two attached hydrogens (primary N) is 1. The van der Waals surface area contributed by atoms with Gasteiger partial charge in [0.15, 0.2) is 5.16 Å². The predicted molar refractivity (Wildman–Crippen MR) is 69.6 cm³/mol. The summed E-state index contributed by atoms with van der Waals surface area (Å²) in [6, 6.07) is 0. The lowest BCUT2D eigenvalue weighted by Gasteiger charge is -2.08. The Morgan fingerprint density at radius 3 is 2.89 bits per heavy atom. The van der Waals surface area contributed by atoms with Crippen LogP contribution in [0.15, 0.2) is 11.4 Å². The van der Waals surface area contributed by atoms with Gasteiger partial charge in [-0.3, -0.25) is 0 Å². The Morgan fingerprint density at radius 1 is 1.61 bits per heavy atom. The molecule has 1 heterocycles. The van der Waals surface area contributed by atoms with E-state index in [4.69, 9.17) is 15.2 Å². The molecule has 0 aromatic carbocycles. The highest BCUT2D eigenvalue weighted by Crippen LogP contribution is 2.18. The van der Waals surface area contributed by atoms with Gasteiger partial charge in [-0.2, -0.15) is 0 Å². The monoisotopic (exact) mass is 271 g/mol. The number of esters is 1. The normalized spacial score (nSPS) is 12.2. The second kappa shape index (κ2) is 7.17. The Hall–Kier alpha value is -1.34. The summed E-state index contributed by atoms with van der Waals surface area (Å²) >= 11 is 1.42.